The van der Waals surface area contributed by atoms with E-state index in [9.17, 15) is 0 Å². The summed E-state index contributed by atoms with van der Waals surface area (Å²) in [6.07, 6.45) is 0. The van der Waals surface area contributed by atoms with Gasteiger partial charge in [-0.05, 0) is 48.5 Å². The molecule has 0 saturated carbocycles. The Morgan fingerprint density at radius 1 is 0.690 bits per heavy atom. The Balaban J connectivity index is 1.97. The number of thioether (sulfide) groups is 2. The minimum Gasteiger partial charge on any atom is -0.543 e. The summed E-state index contributed by atoms with van der Waals surface area (Å²) in [4.78, 5) is 2.53. The van der Waals surface area contributed by atoms with Crippen molar-refractivity contribution in [1.29, 1.82) is 0 Å². The van der Waals surface area contributed by atoms with Crippen LogP contribution in [0.25, 0.3) is 0 Å². The average molecular weight is 439 g/mol. The first-order valence-corrected chi connectivity index (χ1v) is 14.6. The molecule has 0 aliphatic carbocycles. The van der Waals surface area contributed by atoms with E-state index in [1.54, 1.807) is 0 Å². The molecule has 0 aliphatic heterocycles. The number of hydrogen-bond donors (Lipinski definition) is 0. The van der Waals surface area contributed by atoms with Gasteiger partial charge in [-0.15, -0.1) is 23.5 Å². The molecule has 0 amide bonds. The molecule has 0 spiro atoms. The van der Waals surface area contributed by atoms with E-state index in [2.05, 4.69) is 119 Å². The lowest BCUT2D eigenvalue weighted by molar-refractivity contribution is 0.489. The second-order valence-corrected chi connectivity index (χ2v) is 16.0. The van der Waals surface area contributed by atoms with E-state index in [0.717, 1.165) is 5.75 Å². The fourth-order valence-corrected chi connectivity index (χ4v) is 6.26. The summed E-state index contributed by atoms with van der Waals surface area (Å²) in [6.45, 7) is 11.5. The van der Waals surface area contributed by atoms with E-state index in [1.807, 2.05) is 23.5 Å². The molecule has 0 aromatic heterocycles. The third-order valence-corrected chi connectivity index (χ3v) is 12.3. The van der Waals surface area contributed by atoms with Gasteiger partial charge < -0.3 is 4.43 Å². The van der Waals surface area contributed by atoms with Crippen LogP contribution < -0.4 is 4.43 Å². The quantitative estimate of drug-likeness (QED) is 0.207. The standard InChI is InChI=1S/C25H30OS2Si/c1-25(2,3)29(4,5)26-23-19-13-12-18-22(23)24(27-20-14-8-6-9-15-20)28-21-16-10-7-11-17-21/h6-19,24H,1-5H3. The molecule has 3 aromatic carbocycles. The van der Waals surface area contributed by atoms with E-state index in [-0.39, 0.29) is 9.62 Å². The van der Waals surface area contributed by atoms with Crippen molar-refractivity contribution >= 4 is 31.8 Å². The molecular formula is C25H30OS2Si. The summed E-state index contributed by atoms with van der Waals surface area (Å²) in [7, 11) is -1.93. The minimum atomic E-state index is -1.93. The summed E-state index contributed by atoms with van der Waals surface area (Å²) in [5.41, 5.74) is 1.25. The molecule has 1 nitrogen and oxygen atoms in total. The molecule has 0 N–H and O–H groups in total. The average Bonchev–Trinajstić information content (AvgIpc) is 2.68. The summed E-state index contributed by atoms with van der Waals surface area (Å²) >= 11 is 3.77. The second kappa shape index (κ2) is 9.46. The Morgan fingerprint density at radius 2 is 1.14 bits per heavy atom. The normalized spacial score (nSPS) is 12.2. The third-order valence-electron chi connectivity index (χ3n) is 5.32. The summed E-state index contributed by atoms with van der Waals surface area (Å²) in [5.74, 6) is 1.02. The first-order valence-electron chi connectivity index (χ1n) is 9.98. The van der Waals surface area contributed by atoms with Crippen LogP contribution in [0.5, 0.6) is 5.75 Å². The highest BCUT2D eigenvalue weighted by atomic mass is 32.2. The molecule has 29 heavy (non-hydrogen) atoms. The van der Waals surface area contributed by atoms with Gasteiger partial charge >= 0.3 is 0 Å². The maximum Gasteiger partial charge on any atom is 0.250 e. The van der Waals surface area contributed by atoms with Gasteiger partial charge in [0.25, 0.3) is 0 Å². The Kier molecular flexibility index (Phi) is 7.20. The molecule has 0 aliphatic rings. The molecule has 3 rings (SSSR count). The maximum absolute atomic E-state index is 6.77. The molecule has 0 saturated heterocycles. The summed E-state index contributed by atoms with van der Waals surface area (Å²) in [6, 6.07) is 29.8. The van der Waals surface area contributed by atoms with Gasteiger partial charge in [0.1, 0.15) is 5.75 Å². The molecule has 0 fully saturated rings. The van der Waals surface area contributed by atoms with Crippen molar-refractivity contribution in [3.05, 3.63) is 90.5 Å². The summed E-state index contributed by atoms with van der Waals surface area (Å²) in [5, 5.41) is 0.161. The van der Waals surface area contributed by atoms with Crippen LogP contribution in [0, 0.1) is 0 Å². The Morgan fingerprint density at radius 3 is 1.62 bits per heavy atom. The first-order chi connectivity index (χ1) is 13.8. The Hall–Kier alpha value is -1.62. The molecule has 0 bridgehead atoms. The van der Waals surface area contributed by atoms with Gasteiger partial charge in [-0.25, -0.2) is 0 Å². The highest BCUT2D eigenvalue weighted by molar-refractivity contribution is 8.16. The molecule has 3 aromatic rings. The van der Waals surface area contributed by atoms with Crippen LogP contribution in [0.15, 0.2) is 94.7 Å². The lowest BCUT2D eigenvalue weighted by Gasteiger charge is -2.37. The van der Waals surface area contributed by atoms with Gasteiger partial charge in [-0.2, -0.15) is 0 Å². The van der Waals surface area contributed by atoms with Gasteiger partial charge in [-0.1, -0.05) is 75.4 Å². The van der Waals surface area contributed by atoms with Crippen molar-refractivity contribution < 1.29 is 4.43 Å². The number of benzene rings is 3. The van der Waals surface area contributed by atoms with Crippen LogP contribution in [0.1, 0.15) is 30.9 Å². The van der Waals surface area contributed by atoms with Gasteiger partial charge in [0.15, 0.2) is 0 Å². The van der Waals surface area contributed by atoms with Crippen molar-refractivity contribution in [2.24, 2.45) is 0 Å². The zero-order chi connectivity index (χ0) is 20.9. The van der Waals surface area contributed by atoms with Gasteiger partial charge in [0.05, 0.1) is 4.58 Å². The molecule has 152 valence electrons. The number of rotatable bonds is 7. The lowest BCUT2D eigenvalue weighted by atomic mass is 10.2. The highest BCUT2D eigenvalue weighted by Crippen LogP contribution is 2.50. The third kappa shape index (κ3) is 5.94. The van der Waals surface area contributed by atoms with Crippen molar-refractivity contribution in [1.82, 2.24) is 0 Å². The van der Waals surface area contributed by atoms with Crippen molar-refractivity contribution in [3.8, 4) is 5.75 Å². The second-order valence-electron chi connectivity index (χ2n) is 8.59. The van der Waals surface area contributed by atoms with Gasteiger partial charge in [0, 0.05) is 15.4 Å². The van der Waals surface area contributed by atoms with E-state index in [4.69, 9.17) is 4.43 Å². The fourth-order valence-electron chi connectivity index (χ4n) is 2.59. The highest BCUT2D eigenvalue weighted by Gasteiger charge is 2.39. The first kappa shape index (κ1) is 22.1. The van der Waals surface area contributed by atoms with Crippen molar-refractivity contribution in [3.63, 3.8) is 0 Å². The molecule has 0 radical (unpaired) electrons. The zero-order valence-electron chi connectivity index (χ0n) is 17.9. The van der Waals surface area contributed by atoms with E-state index >= 15 is 0 Å². The predicted octanol–water partition coefficient (Wildman–Crippen LogP) is 8.65. The number of hydrogen-bond acceptors (Lipinski definition) is 3. The van der Waals surface area contributed by atoms with E-state index in [1.165, 1.54) is 15.4 Å². The molecular weight excluding hydrogens is 408 g/mol. The SMILES string of the molecule is CC(C)(C)[Si](C)(C)Oc1ccccc1C(Sc1ccccc1)Sc1ccccc1. The van der Waals surface area contributed by atoms with Crippen LogP contribution in [0.2, 0.25) is 18.1 Å². The predicted molar refractivity (Wildman–Crippen MR) is 132 cm³/mol. The van der Waals surface area contributed by atoms with E-state index < -0.39 is 8.32 Å². The smallest absolute Gasteiger partial charge is 0.250 e. The Labute approximate surface area is 185 Å². The minimum absolute atomic E-state index is 0.161. The van der Waals surface area contributed by atoms with Gasteiger partial charge in [0.2, 0.25) is 8.32 Å². The molecule has 0 atom stereocenters. The maximum atomic E-state index is 6.77. The van der Waals surface area contributed by atoms with Gasteiger partial charge in [-0.3, -0.25) is 0 Å². The molecule has 4 heteroatoms. The van der Waals surface area contributed by atoms with Crippen LogP contribution in [-0.2, 0) is 0 Å². The monoisotopic (exact) mass is 438 g/mol. The topological polar surface area (TPSA) is 9.23 Å². The van der Waals surface area contributed by atoms with E-state index in [0.29, 0.717) is 0 Å². The van der Waals surface area contributed by atoms with Crippen molar-refractivity contribution in [2.75, 3.05) is 0 Å². The molecule has 0 heterocycles. The number of para-hydroxylation sites is 1. The molecule has 0 unspecified atom stereocenters. The zero-order valence-corrected chi connectivity index (χ0v) is 20.5. The van der Waals surface area contributed by atoms with Crippen LogP contribution in [0.3, 0.4) is 0 Å². The van der Waals surface area contributed by atoms with Crippen LogP contribution in [-0.4, -0.2) is 8.32 Å². The van der Waals surface area contributed by atoms with Crippen LogP contribution >= 0.6 is 23.5 Å². The lowest BCUT2D eigenvalue weighted by Crippen LogP contribution is -2.44. The summed E-state index contributed by atoms with van der Waals surface area (Å²) < 4.78 is 6.98. The van der Waals surface area contributed by atoms with Crippen LogP contribution in [0.4, 0.5) is 0 Å². The fraction of sp³-hybridized carbons (Fsp3) is 0.280. The Bertz CT molecular complexity index is 863. The largest absolute Gasteiger partial charge is 0.543 e. The van der Waals surface area contributed by atoms with Crippen molar-refractivity contribution in [2.45, 2.75) is 53.3 Å².